The summed E-state index contributed by atoms with van der Waals surface area (Å²) >= 11 is 0. The van der Waals surface area contributed by atoms with E-state index in [-0.39, 0.29) is 6.61 Å². The monoisotopic (exact) mass is 312 g/mol. The summed E-state index contributed by atoms with van der Waals surface area (Å²) in [5.74, 6) is 0.979. The molecule has 3 aromatic rings. The normalized spacial score (nSPS) is 10.5. The fourth-order valence-electron chi connectivity index (χ4n) is 2.18. The third kappa shape index (κ3) is 3.23. The minimum absolute atomic E-state index is 0.275. The minimum atomic E-state index is -0.711. The Labute approximate surface area is 132 Å². The molecular formula is C16H16N4O3. The summed E-state index contributed by atoms with van der Waals surface area (Å²) in [5.41, 5.74) is 2.54. The molecule has 0 saturated carbocycles. The first kappa shape index (κ1) is 14.8. The molecule has 0 fully saturated rings. The second-order valence-corrected chi connectivity index (χ2v) is 4.73. The second-order valence-electron chi connectivity index (χ2n) is 4.73. The number of anilines is 1. The Hall–Kier alpha value is -3.09. The van der Waals surface area contributed by atoms with E-state index >= 15 is 0 Å². The van der Waals surface area contributed by atoms with Gasteiger partial charge in [-0.05, 0) is 37.3 Å². The molecule has 0 atom stereocenters. The lowest BCUT2D eigenvalue weighted by atomic mass is 10.2. The summed E-state index contributed by atoms with van der Waals surface area (Å²) < 4.78 is 9.87. The number of nitrogens with zero attached hydrogens (tertiary/aromatic N) is 2. The molecule has 23 heavy (non-hydrogen) atoms. The van der Waals surface area contributed by atoms with Crippen molar-refractivity contribution in [2.24, 2.45) is 0 Å². The summed E-state index contributed by atoms with van der Waals surface area (Å²) in [5, 5.41) is 3.81. The molecule has 0 aliphatic rings. The first-order valence-corrected chi connectivity index (χ1v) is 7.18. The highest BCUT2D eigenvalue weighted by atomic mass is 16.7. The van der Waals surface area contributed by atoms with Gasteiger partial charge in [-0.15, -0.1) is 0 Å². The Morgan fingerprint density at radius 1 is 1.30 bits per heavy atom. The minimum Gasteiger partial charge on any atom is -0.434 e. The topological polar surface area (TPSA) is 89.1 Å². The number of rotatable bonds is 4. The van der Waals surface area contributed by atoms with Gasteiger partial charge >= 0.3 is 6.16 Å². The van der Waals surface area contributed by atoms with Gasteiger partial charge < -0.3 is 19.8 Å². The van der Waals surface area contributed by atoms with Gasteiger partial charge in [-0.2, -0.15) is 0 Å². The first-order chi connectivity index (χ1) is 11.2. The predicted molar refractivity (Wildman–Crippen MR) is 86.5 cm³/mol. The van der Waals surface area contributed by atoms with E-state index in [4.69, 9.17) is 9.47 Å². The molecule has 1 aromatic carbocycles. The van der Waals surface area contributed by atoms with Gasteiger partial charge in [-0.1, -0.05) is 0 Å². The summed E-state index contributed by atoms with van der Waals surface area (Å²) in [6, 6.07) is 9.08. The Morgan fingerprint density at radius 3 is 2.96 bits per heavy atom. The summed E-state index contributed by atoms with van der Waals surface area (Å²) in [6.07, 6.45) is 0.978. The van der Waals surface area contributed by atoms with E-state index in [1.807, 2.05) is 18.2 Å². The molecule has 0 amide bonds. The number of ether oxygens (including phenoxy) is 2. The van der Waals surface area contributed by atoms with Crippen molar-refractivity contribution < 1.29 is 14.3 Å². The number of nitrogens with one attached hydrogen (secondary N) is 2. The Bertz CT molecular complexity index is 844. The maximum absolute atomic E-state index is 11.4. The molecule has 3 rings (SSSR count). The molecule has 7 nitrogen and oxygen atoms in total. The molecule has 0 aliphatic heterocycles. The number of benzene rings is 1. The largest absolute Gasteiger partial charge is 0.513 e. The fraction of sp³-hybridized carbons (Fsp3) is 0.188. The van der Waals surface area contributed by atoms with Crippen molar-refractivity contribution in [2.45, 2.75) is 6.92 Å². The van der Waals surface area contributed by atoms with Gasteiger partial charge in [0, 0.05) is 24.1 Å². The lowest BCUT2D eigenvalue weighted by molar-refractivity contribution is 0.104. The standard InChI is InChI=1S/C16H16N4O3/c1-3-22-16(21)23-11-4-5-12-10(8-11)9-14(19-12)13-6-7-18-15(17-2)20-13/h4-9,19H,3H2,1-2H3,(H,17,18,20). The highest BCUT2D eigenvalue weighted by Gasteiger charge is 2.09. The van der Waals surface area contributed by atoms with Crippen molar-refractivity contribution in [3.63, 3.8) is 0 Å². The number of fused-ring (bicyclic) bond motifs is 1. The van der Waals surface area contributed by atoms with Crippen molar-refractivity contribution in [2.75, 3.05) is 19.0 Å². The zero-order valence-electron chi connectivity index (χ0n) is 12.8. The van der Waals surface area contributed by atoms with E-state index in [1.54, 1.807) is 32.3 Å². The third-order valence-corrected chi connectivity index (χ3v) is 3.21. The van der Waals surface area contributed by atoms with Crippen molar-refractivity contribution in [1.29, 1.82) is 0 Å². The number of H-pyrrole nitrogens is 1. The highest BCUT2D eigenvalue weighted by Crippen LogP contribution is 2.26. The number of carbonyl (C=O) groups is 1. The van der Waals surface area contributed by atoms with Gasteiger partial charge in [0.05, 0.1) is 18.0 Å². The summed E-state index contributed by atoms with van der Waals surface area (Å²) in [7, 11) is 1.77. The summed E-state index contributed by atoms with van der Waals surface area (Å²) in [4.78, 5) is 23.1. The molecule has 2 aromatic heterocycles. The Kier molecular flexibility index (Phi) is 4.09. The maximum Gasteiger partial charge on any atom is 0.513 e. The fourth-order valence-corrected chi connectivity index (χ4v) is 2.18. The zero-order chi connectivity index (χ0) is 16.2. The lowest BCUT2D eigenvalue weighted by Gasteiger charge is -2.03. The van der Waals surface area contributed by atoms with Crippen LogP contribution in [-0.2, 0) is 4.74 Å². The van der Waals surface area contributed by atoms with Gasteiger partial charge in [0.15, 0.2) is 0 Å². The summed E-state index contributed by atoms with van der Waals surface area (Å²) in [6.45, 7) is 2.00. The second kappa shape index (κ2) is 6.35. The van der Waals surface area contributed by atoms with Crippen LogP contribution in [0.25, 0.3) is 22.3 Å². The van der Waals surface area contributed by atoms with Gasteiger partial charge in [0.2, 0.25) is 5.95 Å². The van der Waals surface area contributed by atoms with Crippen LogP contribution in [0, 0.1) is 0 Å². The van der Waals surface area contributed by atoms with Crippen LogP contribution < -0.4 is 10.1 Å². The average Bonchev–Trinajstić information content (AvgIpc) is 2.98. The molecule has 0 bridgehead atoms. The van der Waals surface area contributed by atoms with E-state index in [1.165, 1.54) is 0 Å². The molecule has 0 unspecified atom stereocenters. The van der Waals surface area contributed by atoms with Crippen LogP contribution in [0.3, 0.4) is 0 Å². The first-order valence-electron chi connectivity index (χ1n) is 7.18. The van der Waals surface area contributed by atoms with E-state index in [0.29, 0.717) is 11.7 Å². The van der Waals surface area contributed by atoms with Gasteiger partial charge in [-0.25, -0.2) is 14.8 Å². The van der Waals surface area contributed by atoms with E-state index < -0.39 is 6.16 Å². The number of hydrogen-bond acceptors (Lipinski definition) is 6. The molecule has 0 saturated heterocycles. The van der Waals surface area contributed by atoms with Crippen molar-refractivity contribution in [3.8, 4) is 17.1 Å². The van der Waals surface area contributed by atoms with Crippen LogP contribution in [0.1, 0.15) is 6.92 Å². The maximum atomic E-state index is 11.4. The number of aromatic nitrogens is 3. The Morgan fingerprint density at radius 2 is 2.17 bits per heavy atom. The highest BCUT2D eigenvalue weighted by molar-refractivity contribution is 5.86. The molecule has 0 aliphatic carbocycles. The zero-order valence-corrected chi connectivity index (χ0v) is 12.8. The predicted octanol–water partition coefficient (Wildman–Crippen LogP) is 3.20. The number of carbonyl (C=O) groups excluding carboxylic acids is 1. The molecule has 2 N–H and O–H groups in total. The molecular weight excluding hydrogens is 296 g/mol. The quantitative estimate of drug-likeness (QED) is 0.568. The van der Waals surface area contributed by atoms with Crippen LogP contribution >= 0.6 is 0 Å². The van der Waals surface area contributed by atoms with Crippen molar-refractivity contribution in [1.82, 2.24) is 15.0 Å². The molecule has 2 heterocycles. The SMILES string of the molecule is CCOC(=O)Oc1ccc2[nH]c(-c3ccnc(NC)n3)cc2c1. The van der Waals surface area contributed by atoms with Gasteiger partial charge in [-0.3, -0.25) is 0 Å². The van der Waals surface area contributed by atoms with Crippen LogP contribution in [0.5, 0.6) is 5.75 Å². The number of hydrogen-bond donors (Lipinski definition) is 2. The third-order valence-electron chi connectivity index (χ3n) is 3.21. The van der Waals surface area contributed by atoms with Crippen LogP contribution in [-0.4, -0.2) is 34.8 Å². The van der Waals surface area contributed by atoms with Crippen molar-refractivity contribution >= 4 is 23.0 Å². The number of aromatic amines is 1. The molecule has 118 valence electrons. The van der Waals surface area contributed by atoms with Crippen molar-refractivity contribution in [3.05, 3.63) is 36.5 Å². The molecule has 0 radical (unpaired) electrons. The smallest absolute Gasteiger partial charge is 0.434 e. The van der Waals surface area contributed by atoms with Crippen LogP contribution in [0.15, 0.2) is 36.5 Å². The van der Waals surface area contributed by atoms with E-state index in [0.717, 1.165) is 22.3 Å². The van der Waals surface area contributed by atoms with Gasteiger partial charge in [0.25, 0.3) is 0 Å². The van der Waals surface area contributed by atoms with Crippen LogP contribution in [0.2, 0.25) is 0 Å². The van der Waals surface area contributed by atoms with E-state index in [2.05, 4.69) is 20.3 Å². The lowest BCUT2D eigenvalue weighted by Crippen LogP contribution is -2.09. The Balaban J connectivity index is 1.91. The van der Waals surface area contributed by atoms with Gasteiger partial charge in [0.1, 0.15) is 5.75 Å². The van der Waals surface area contributed by atoms with Crippen LogP contribution in [0.4, 0.5) is 10.7 Å². The average molecular weight is 312 g/mol. The molecule has 7 heteroatoms. The van der Waals surface area contributed by atoms with E-state index in [9.17, 15) is 4.79 Å². The molecule has 0 spiro atoms.